The number of halogens is 3. The third kappa shape index (κ3) is 3.91. The molecule has 1 aromatic rings. The highest BCUT2D eigenvalue weighted by Crippen LogP contribution is 2.21. The SMILES string of the molecule is C=C(Br)COc1cc(F)cc(Br)c1. The van der Waals surface area contributed by atoms with Gasteiger partial charge in [-0.05, 0) is 12.1 Å². The van der Waals surface area contributed by atoms with Crippen molar-refractivity contribution in [1.82, 2.24) is 0 Å². The molecule has 0 N–H and O–H groups in total. The zero-order chi connectivity index (χ0) is 9.84. The lowest BCUT2D eigenvalue weighted by atomic mass is 10.3. The standard InChI is InChI=1S/C9H7Br2FO/c1-6(10)5-13-9-3-7(11)2-8(12)4-9/h2-4H,1,5H2. The van der Waals surface area contributed by atoms with Crippen LogP contribution in [0.5, 0.6) is 5.75 Å². The third-order valence-electron chi connectivity index (χ3n) is 1.23. The molecule has 0 aliphatic rings. The van der Waals surface area contributed by atoms with Crippen molar-refractivity contribution in [3.63, 3.8) is 0 Å². The molecule has 1 nitrogen and oxygen atoms in total. The fraction of sp³-hybridized carbons (Fsp3) is 0.111. The van der Waals surface area contributed by atoms with E-state index < -0.39 is 0 Å². The maximum atomic E-state index is 12.8. The fourth-order valence-corrected chi connectivity index (χ4v) is 1.33. The van der Waals surface area contributed by atoms with Crippen LogP contribution in [0.25, 0.3) is 0 Å². The van der Waals surface area contributed by atoms with Crippen molar-refractivity contribution in [2.75, 3.05) is 6.61 Å². The van der Waals surface area contributed by atoms with Gasteiger partial charge in [-0.15, -0.1) is 0 Å². The second-order valence-electron chi connectivity index (χ2n) is 2.41. The monoisotopic (exact) mass is 308 g/mol. The summed E-state index contributed by atoms with van der Waals surface area (Å²) in [6.45, 7) is 3.93. The van der Waals surface area contributed by atoms with E-state index in [-0.39, 0.29) is 5.82 Å². The Bertz CT molecular complexity index is 305. The van der Waals surface area contributed by atoms with E-state index in [1.165, 1.54) is 12.1 Å². The summed E-state index contributed by atoms with van der Waals surface area (Å²) in [5, 5.41) is 0. The van der Waals surface area contributed by atoms with Gasteiger partial charge in [0.2, 0.25) is 0 Å². The van der Waals surface area contributed by atoms with Crippen molar-refractivity contribution in [3.05, 3.63) is 39.6 Å². The van der Waals surface area contributed by atoms with Gasteiger partial charge in [-0.2, -0.15) is 0 Å². The topological polar surface area (TPSA) is 9.23 Å². The van der Waals surface area contributed by atoms with Gasteiger partial charge in [0.15, 0.2) is 0 Å². The van der Waals surface area contributed by atoms with Gasteiger partial charge in [0, 0.05) is 15.0 Å². The summed E-state index contributed by atoms with van der Waals surface area (Å²) in [5.41, 5.74) is 0. The van der Waals surface area contributed by atoms with Crippen LogP contribution >= 0.6 is 31.9 Å². The first-order chi connectivity index (χ1) is 6.08. The van der Waals surface area contributed by atoms with Crippen LogP contribution < -0.4 is 4.74 Å². The molecule has 0 fully saturated rings. The van der Waals surface area contributed by atoms with E-state index in [0.29, 0.717) is 21.3 Å². The van der Waals surface area contributed by atoms with Gasteiger partial charge in [-0.3, -0.25) is 0 Å². The Hall–Kier alpha value is -0.350. The zero-order valence-corrected chi connectivity index (χ0v) is 9.86. The molecule has 13 heavy (non-hydrogen) atoms. The van der Waals surface area contributed by atoms with E-state index in [9.17, 15) is 4.39 Å². The summed E-state index contributed by atoms with van der Waals surface area (Å²) in [7, 11) is 0. The highest BCUT2D eigenvalue weighted by atomic mass is 79.9. The quantitative estimate of drug-likeness (QED) is 0.823. The Morgan fingerprint density at radius 2 is 2.15 bits per heavy atom. The smallest absolute Gasteiger partial charge is 0.128 e. The van der Waals surface area contributed by atoms with Gasteiger partial charge in [0.05, 0.1) is 0 Å². The summed E-state index contributed by atoms with van der Waals surface area (Å²) in [5.74, 6) is 0.150. The Balaban J connectivity index is 2.71. The summed E-state index contributed by atoms with van der Waals surface area (Å²) >= 11 is 6.31. The largest absolute Gasteiger partial charge is 0.488 e. The van der Waals surface area contributed by atoms with Crippen LogP contribution in [0.2, 0.25) is 0 Å². The molecule has 0 atom stereocenters. The number of hydrogen-bond donors (Lipinski definition) is 0. The van der Waals surface area contributed by atoms with Gasteiger partial charge < -0.3 is 4.74 Å². The average Bonchev–Trinajstić information content (AvgIpc) is 1.99. The zero-order valence-electron chi connectivity index (χ0n) is 6.69. The predicted octanol–water partition coefficient (Wildman–Crippen LogP) is 3.88. The van der Waals surface area contributed by atoms with E-state index >= 15 is 0 Å². The first kappa shape index (κ1) is 10.7. The minimum atomic E-state index is -0.329. The van der Waals surface area contributed by atoms with E-state index in [4.69, 9.17) is 4.74 Å². The minimum Gasteiger partial charge on any atom is -0.488 e. The molecule has 0 spiro atoms. The summed E-state index contributed by atoms with van der Waals surface area (Å²) in [4.78, 5) is 0. The molecule has 70 valence electrons. The van der Waals surface area contributed by atoms with Crippen LogP contribution in [-0.4, -0.2) is 6.61 Å². The fourth-order valence-electron chi connectivity index (χ4n) is 0.774. The average molecular weight is 310 g/mol. The van der Waals surface area contributed by atoms with Crippen molar-refractivity contribution in [2.24, 2.45) is 0 Å². The third-order valence-corrected chi connectivity index (χ3v) is 1.92. The maximum Gasteiger partial charge on any atom is 0.128 e. The Labute approximate surface area is 92.9 Å². The summed E-state index contributed by atoms with van der Waals surface area (Å²) in [6.07, 6.45) is 0. The summed E-state index contributed by atoms with van der Waals surface area (Å²) in [6, 6.07) is 4.38. The van der Waals surface area contributed by atoms with Crippen molar-refractivity contribution < 1.29 is 9.13 Å². The van der Waals surface area contributed by atoms with Crippen molar-refractivity contribution in [2.45, 2.75) is 0 Å². The lowest BCUT2D eigenvalue weighted by Gasteiger charge is -2.05. The number of hydrogen-bond acceptors (Lipinski definition) is 1. The maximum absolute atomic E-state index is 12.8. The second kappa shape index (κ2) is 4.77. The lowest BCUT2D eigenvalue weighted by molar-refractivity contribution is 0.358. The predicted molar refractivity (Wildman–Crippen MR) is 57.7 cm³/mol. The van der Waals surface area contributed by atoms with Crippen LogP contribution in [0.3, 0.4) is 0 Å². The number of rotatable bonds is 3. The van der Waals surface area contributed by atoms with Crippen LogP contribution in [0.15, 0.2) is 33.7 Å². The number of ether oxygens (including phenoxy) is 1. The van der Waals surface area contributed by atoms with Crippen molar-refractivity contribution >= 4 is 31.9 Å². The van der Waals surface area contributed by atoms with Crippen LogP contribution in [0.4, 0.5) is 4.39 Å². The van der Waals surface area contributed by atoms with E-state index in [0.717, 1.165) is 0 Å². The van der Waals surface area contributed by atoms with Crippen LogP contribution in [0.1, 0.15) is 0 Å². The Kier molecular flexibility index (Phi) is 3.93. The molecule has 0 aliphatic carbocycles. The van der Waals surface area contributed by atoms with E-state index in [1.54, 1.807) is 6.07 Å². The normalized spacial score (nSPS) is 9.77. The second-order valence-corrected chi connectivity index (χ2v) is 4.45. The molecule has 0 unspecified atom stereocenters. The molecule has 0 bridgehead atoms. The van der Waals surface area contributed by atoms with Crippen LogP contribution in [-0.2, 0) is 0 Å². The van der Waals surface area contributed by atoms with Gasteiger partial charge in [-0.1, -0.05) is 38.4 Å². The Morgan fingerprint density at radius 1 is 1.46 bits per heavy atom. The highest BCUT2D eigenvalue weighted by Gasteiger charge is 1.99. The van der Waals surface area contributed by atoms with Crippen LogP contribution in [0, 0.1) is 5.82 Å². The molecule has 0 saturated heterocycles. The first-order valence-electron chi connectivity index (χ1n) is 3.50. The molecular weight excluding hydrogens is 303 g/mol. The van der Waals surface area contributed by atoms with Crippen molar-refractivity contribution in [1.29, 1.82) is 0 Å². The molecule has 0 saturated carbocycles. The molecule has 0 aliphatic heterocycles. The first-order valence-corrected chi connectivity index (χ1v) is 5.08. The molecule has 0 aromatic heterocycles. The number of benzene rings is 1. The molecule has 1 rings (SSSR count). The Morgan fingerprint density at radius 3 is 2.69 bits per heavy atom. The molecule has 4 heteroatoms. The molecular formula is C9H7Br2FO. The highest BCUT2D eigenvalue weighted by molar-refractivity contribution is 9.11. The van der Waals surface area contributed by atoms with E-state index in [1.807, 2.05) is 0 Å². The minimum absolute atomic E-state index is 0.329. The lowest BCUT2D eigenvalue weighted by Crippen LogP contribution is -1.96. The van der Waals surface area contributed by atoms with Gasteiger partial charge in [0.25, 0.3) is 0 Å². The molecule has 0 heterocycles. The van der Waals surface area contributed by atoms with Crippen molar-refractivity contribution in [3.8, 4) is 5.75 Å². The van der Waals surface area contributed by atoms with Gasteiger partial charge in [0.1, 0.15) is 18.2 Å². The molecule has 1 aromatic carbocycles. The summed E-state index contributed by atoms with van der Waals surface area (Å²) < 4.78 is 19.4. The molecule has 0 amide bonds. The molecule has 0 radical (unpaired) electrons. The van der Waals surface area contributed by atoms with Gasteiger partial charge >= 0.3 is 0 Å². The van der Waals surface area contributed by atoms with E-state index in [2.05, 4.69) is 38.4 Å². The van der Waals surface area contributed by atoms with Gasteiger partial charge in [-0.25, -0.2) is 4.39 Å².